The summed E-state index contributed by atoms with van der Waals surface area (Å²) in [6.45, 7) is 11.8. The Kier molecular flexibility index (Phi) is 4.42. The standard InChI is InChI=1S/C14H29NO/c1-11(2)16-14(10-15)9-7-6-8-12(14)13(3,4)5/h11-12H,6-10,15H2,1-5H3. The van der Waals surface area contributed by atoms with Crippen LogP contribution in [0.2, 0.25) is 0 Å². The van der Waals surface area contributed by atoms with Gasteiger partial charge < -0.3 is 10.5 Å². The monoisotopic (exact) mass is 227 g/mol. The molecule has 0 aliphatic heterocycles. The number of rotatable bonds is 3. The summed E-state index contributed by atoms with van der Waals surface area (Å²) in [7, 11) is 0. The zero-order chi connectivity index (χ0) is 12.4. The van der Waals surface area contributed by atoms with Gasteiger partial charge in [-0.2, -0.15) is 0 Å². The maximum Gasteiger partial charge on any atom is 0.0840 e. The van der Waals surface area contributed by atoms with Crippen LogP contribution in [0.5, 0.6) is 0 Å². The molecule has 1 rings (SSSR count). The van der Waals surface area contributed by atoms with Gasteiger partial charge in [-0.1, -0.05) is 33.6 Å². The van der Waals surface area contributed by atoms with Crippen LogP contribution in [0.3, 0.4) is 0 Å². The van der Waals surface area contributed by atoms with E-state index in [4.69, 9.17) is 10.5 Å². The molecule has 2 N–H and O–H groups in total. The third kappa shape index (κ3) is 2.98. The fourth-order valence-electron chi connectivity index (χ4n) is 3.34. The Labute approximate surface area is 101 Å². The van der Waals surface area contributed by atoms with E-state index in [9.17, 15) is 0 Å². The second-order valence-electron chi connectivity index (χ2n) is 6.60. The summed E-state index contributed by atoms with van der Waals surface area (Å²) in [5.41, 5.74) is 6.26. The maximum absolute atomic E-state index is 6.24. The van der Waals surface area contributed by atoms with Crippen LogP contribution in [-0.4, -0.2) is 18.2 Å². The van der Waals surface area contributed by atoms with Crippen molar-refractivity contribution in [1.29, 1.82) is 0 Å². The maximum atomic E-state index is 6.24. The van der Waals surface area contributed by atoms with Gasteiger partial charge in [0, 0.05) is 6.54 Å². The SMILES string of the molecule is CC(C)OC1(CN)CCCCC1C(C)(C)C. The van der Waals surface area contributed by atoms with Gasteiger partial charge in [0.2, 0.25) is 0 Å². The summed E-state index contributed by atoms with van der Waals surface area (Å²) in [5, 5.41) is 0. The molecular formula is C14H29NO. The molecule has 2 heteroatoms. The zero-order valence-corrected chi connectivity index (χ0v) is 11.7. The first-order valence-corrected chi connectivity index (χ1v) is 6.70. The first-order valence-electron chi connectivity index (χ1n) is 6.70. The van der Waals surface area contributed by atoms with E-state index in [1.807, 2.05) is 0 Å². The molecule has 0 aromatic heterocycles. The molecule has 16 heavy (non-hydrogen) atoms. The Morgan fingerprint density at radius 2 is 1.94 bits per heavy atom. The van der Waals surface area contributed by atoms with Gasteiger partial charge in [0.05, 0.1) is 11.7 Å². The van der Waals surface area contributed by atoms with E-state index < -0.39 is 0 Å². The summed E-state index contributed by atoms with van der Waals surface area (Å²) in [6.07, 6.45) is 5.24. The molecule has 0 aromatic rings. The van der Waals surface area contributed by atoms with Gasteiger partial charge in [-0.25, -0.2) is 0 Å². The molecule has 0 saturated heterocycles. The second kappa shape index (κ2) is 5.05. The molecule has 0 amide bonds. The van der Waals surface area contributed by atoms with Gasteiger partial charge in [0.15, 0.2) is 0 Å². The third-order valence-electron chi connectivity index (χ3n) is 3.84. The highest BCUT2D eigenvalue weighted by atomic mass is 16.5. The van der Waals surface area contributed by atoms with Crippen molar-refractivity contribution in [2.75, 3.05) is 6.54 Å². The molecule has 1 fully saturated rings. The number of ether oxygens (including phenoxy) is 1. The first-order chi connectivity index (χ1) is 7.32. The predicted molar refractivity (Wildman–Crippen MR) is 69.4 cm³/mol. The van der Waals surface area contributed by atoms with Crippen LogP contribution < -0.4 is 5.73 Å². The first kappa shape index (κ1) is 14.0. The van der Waals surface area contributed by atoms with Crippen molar-refractivity contribution >= 4 is 0 Å². The molecule has 0 bridgehead atoms. The molecule has 0 radical (unpaired) electrons. The molecular weight excluding hydrogens is 198 g/mol. The minimum atomic E-state index is -0.0787. The normalized spacial score (nSPS) is 32.1. The van der Waals surface area contributed by atoms with E-state index in [2.05, 4.69) is 34.6 Å². The van der Waals surface area contributed by atoms with Crippen molar-refractivity contribution in [1.82, 2.24) is 0 Å². The molecule has 2 atom stereocenters. The highest BCUT2D eigenvalue weighted by Gasteiger charge is 2.46. The lowest BCUT2D eigenvalue weighted by atomic mass is 9.63. The third-order valence-corrected chi connectivity index (χ3v) is 3.84. The van der Waals surface area contributed by atoms with Crippen molar-refractivity contribution in [3.8, 4) is 0 Å². The van der Waals surface area contributed by atoms with E-state index in [1.165, 1.54) is 19.3 Å². The van der Waals surface area contributed by atoms with Crippen molar-refractivity contribution in [2.45, 2.75) is 72.0 Å². The largest absolute Gasteiger partial charge is 0.371 e. The van der Waals surface area contributed by atoms with Crippen molar-refractivity contribution in [2.24, 2.45) is 17.1 Å². The molecule has 1 aliphatic carbocycles. The number of hydrogen-bond donors (Lipinski definition) is 1. The average Bonchev–Trinajstić information content (AvgIpc) is 2.15. The average molecular weight is 227 g/mol. The van der Waals surface area contributed by atoms with Gasteiger partial charge >= 0.3 is 0 Å². The lowest BCUT2D eigenvalue weighted by Gasteiger charge is -2.50. The number of nitrogens with two attached hydrogens (primary N) is 1. The number of hydrogen-bond acceptors (Lipinski definition) is 2. The van der Waals surface area contributed by atoms with E-state index in [0.29, 0.717) is 12.5 Å². The minimum absolute atomic E-state index is 0.0787. The summed E-state index contributed by atoms with van der Waals surface area (Å²) in [5.74, 6) is 0.584. The summed E-state index contributed by atoms with van der Waals surface area (Å²) < 4.78 is 6.24. The zero-order valence-electron chi connectivity index (χ0n) is 11.7. The Morgan fingerprint density at radius 1 is 1.31 bits per heavy atom. The van der Waals surface area contributed by atoms with Gasteiger partial charge in [-0.05, 0) is 38.0 Å². The van der Waals surface area contributed by atoms with Crippen LogP contribution in [0.15, 0.2) is 0 Å². The smallest absolute Gasteiger partial charge is 0.0840 e. The van der Waals surface area contributed by atoms with Crippen LogP contribution in [0.25, 0.3) is 0 Å². The molecule has 2 nitrogen and oxygen atoms in total. The highest BCUT2D eigenvalue weighted by molar-refractivity contribution is 4.98. The summed E-state index contributed by atoms with van der Waals surface area (Å²) in [4.78, 5) is 0. The van der Waals surface area contributed by atoms with Crippen LogP contribution in [0, 0.1) is 11.3 Å². The quantitative estimate of drug-likeness (QED) is 0.802. The van der Waals surface area contributed by atoms with E-state index >= 15 is 0 Å². The Balaban J connectivity index is 2.92. The molecule has 0 spiro atoms. The second-order valence-corrected chi connectivity index (χ2v) is 6.60. The molecule has 0 heterocycles. The van der Waals surface area contributed by atoms with Crippen molar-refractivity contribution in [3.05, 3.63) is 0 Å². The lowest BCUT2D eigenvalue weighted by molar-refractivity contribution is -0.154. The van der Waals surface area contributed by atoms with Gasteiger partial charge in [0.25, 0.3) is 0 Å². The van der Waals surface area contributed by atoms with E-state index in [-0.39, 0.29) is 17.1 Å². The molecule has 96 valence electrons. The van der Waals surface area contributed by atoms with Crippen LogP contribution >= 0.6 is 0 Å². The van der Waals surface area contributed by atoms with E-state index in [0.717, 1.165) is 6.42 Å². The fraction of sp³-hybridized carbons (Fsp3) is 1.00. The minimum Gasteiger partial charge on any atom is -0.371 e. The van der Waals surface area contributed by atoms with Gasteiger partial charge in [-0.15, -0.1) is 0 Å². The Morgan fingerprint density at radius 3 is 2.38 bits per heavy atom. The van der Waals surface area contributed by atoms with Crippen LogP contribution in [0.1, 0.15) is 60.3 Å². The van der Waals surface area contributed by atoms with Crippen molar-refractivity contribution in [3.63, 3.8) is 0 Å². The molecule has 0 aromatic carbocycles. The molecule has 1 saturated carbocycles. The van der Waals surface area contributed by atoms with Crippen LogP contribution in [0.4, 0.5) is 0 Å². The lowest BCUT2D eigenvalue weighted by Crippen LogP contribution is -2.54. The van der Waals surface area contributed by atoms with Crippen LogP contribution in [-0.2, 0) is 4.74 Å². The summed E-state index contributed by atoms with van der Waals surface area (Å²) >= 11 is 0. The predicted octanol–water partition coefficient (Wildman–Crippen LogP) is 3.35. The molecule has 1 aliphatic rings. The van der Waals surface area contributed by atoms with Crippen molar-refractivity contribution < 1.29 is 4.74 Å². The fourth-order valence-corrected chi connectivity index (χ4v) is 3.34. The molecule has 2 unspecified atom stereocenters. The van der Waals surface area contributed by atoms with E-state index in [1.54, 1.807) is 0 Å². The van der Waals surface area contributed by atoms with Gasteiger partial charge in [-0.3, -0.25) is 0 Å². The summed E-state index contributed by atoms with van der Waals surface area (Å²) in [6, 6.07) is 0. The Bertz CT molecular complexity index is 219. The highest BCUT2D eigenvalue weighted by Crippen LogP contribution is 2.46. The Hall–Kier alpha value is -0.0800. The topological polar surface area (TPSA) is 35.2 Å². The van der Waals surface area contributed by atoms with Gasteiger partial charge in [0.1, 0.15) is 0 Å².